The smallest absolute Gasteiger partial charge is 0.410 e. The fourth-order valence-corrected chi connectivity index (χ4v) is 4.16. The maximum atomic E-state index is 14.7. The van der Waals surface area contributed by atoms with Gasteiger partial charge in [-0.15, -0.1) is 11.8 Å². The number of likely N-dealkylation sites (tertiary alicyclic amines) is 1. The Bertz CT molecular complexity index is 1090. The second kappa shape index (κ2) is 9.02. The van der Waals surface area contributed by atoms with E-state index in [1.165, 1.54) is 9.80 Å². The van der Waals surface area contributed by atoms with E-state index in [9.17, 15) is 9.18 Å². The molecule has 0 saturated carbocycles. The van der Waals surface area contributed by atoms with Gasteiger partial charge in [-0.05, 0) is 63.4 Å². The van der Waals surface area contributed by atoms with Crippen LogP contribution >= 0.6 is 11.8 Å². The Morgan fingerprint density at radius 1 is 1.22 bits per heavy atom. The predicted octanol–water partition coefficient (Wildman–Crippen LogP) is 5.47. The number of piperidine rings is 1. The van der Waals surface area contributed by atoms with Crippen LogP contribution in [0, 0.1) is 0 Å². The van der Waals surface area contributed by atoms with E-state index in [2.05, 4.69) is 35.5 Å². The third-order valence-electron chi connectivity index (χ3n) is 5.29. The first-order valence-electron chi connectivity index (χ1n) is 10.6. The summed E-state index contributed by atoms with van der Waals surface area (Å²) in [6.07, 6.45) is 3.64. The van der Waals surface area contributed by atoms with Crippen molar-refractivity contribution in [2.45, 2.75) is 50.0 Å². The van der Waals surface area contributed by atoms with E-state index in [1.54, 1.807) is 44.8 Å². The molecule has 2 unspecified atom stereocenters. The number of amides is 1. The minimum atomic E-state index is -1.30. The summed E-state index contributed by atoms with van der Waals surface area (Å²) in [6, 6.07) is 12.1. The molecule has 4 rings (SSSR count). The number of thioether (sulfide) groups is 1. The lowest BCUT2D eigenvalue weighted by Crippen LogP contribution is -2.50. The van der Waals surface area contributed by atoms with Gasteiger partial charge in [0.25, 0.3) is 0 Å². The average Bonchev–Trinajstić information content (AvgIpc) is 3.17. The molecule has 0 bridgehead atoms. The van der Waals surface area contributed by atoms with Gasteiger partial charge in [0.05, 0.1) is 18.3 Å². The number of pyridine rings is 1. The normalized spacial score (nSPS) is 19.2. The summed E-state index contributed by atoms with van der Waals surface area (Å²) in [5.41, 5.74) is 0.466. The average molecular weight is 458 g/mol. The molecule has 0 radical (unpaired) electrons. The summed E-state index contributed by atoms with van der Waals surface area (Å²) in [6.45, 7) is 5.73. The van der Waals surface area contributed by atoms with Crippen molar-refractivity contribution in [3.63, 3.8) is 0 Å². The van der Waals surface area contributed by atoms with Crippen LogP contribution in [0.4, 0.5) is 9.18 Å². The summed E-state index contributed by atoms with van der Waals surface area (Å²) in [5.74, 6) is 1.27. The van der Waals surface area contributed by atoms with Crippen molar-refractivity contribution >= 4 is 28.8 Å². The fourth-order valence-electron chi connectivity index (χ4n) is 3.72. The van der Waals surface area contributed by atoms with E-state index < -0.39 is 24.0 Å². The molecular formula is C24H28FN3O3S. The van der Waals surface area contributed by atoms with Crippen LogP contribution in [0.25, 0.3) is 16.7 Å². The Morgan fingerprint density at radius 2 is 2.03 bits per heavy atom. The van der Waals surface area contributed by atoms with Crippen molar-refractivity contribution in [1.29, 1.82) is 0 Å². The van der Waals surface area contributed by atoms with Crippen LogP contribution in [0.5, 0.6) is 5.75 Å². The van der Waals surface area contributed by atoms with Gasteiger partial charge in [-0.3, -0.25) is 0 Å². The van der Waals surface area contributed by atoms with E-state index in [4.69, 9.17) is 9.47 Å². The molecule has 1 saturated heterocycles. The third-order valence-corrected chi connectivity index (χ3v) is 6.01. The topological polar surface area (TPSA) is 56.6 Å². The van der Waals surface area contributed by atoms with Crippen molar-refractivity contribution < 1.29 is 18.7 Å². The summed E-state index contributed by atoms with van der Waals surface area (Å²) in [7, 11) is 0. The van der Waals surface area contributed by atoms with Gasteiger partial charge in [0.2, 0.25) is 0 Å². The number of nitrogens with zero attached hydrogens (tertiary/aromatic N) is 3. The van der Waals surface area contributed by atoms with Gasteiger partial charge in [0, 0.05) is 29.4 Å². The van der Waals surface area contributed by atoms with Crippen molar-refractivity contribution in [1.82, 2.24) is 14.5 Å². The van der Waals surface area contributed by atoms with Gasteiger partial charge in [0.1, 0.15) is 23.3 Å². The molecule has 3 aromatic rings. The molecule has 2 aromatic heterocycles. The molecule has 32 heavy (non-hydrogen) atoms. The zero-order chi connectivity index (χ0) is 22.9. The van der Waals surface area contributed by atoms with Crippen molar-refractivity contribution in [3.8, 4) is 11.6 Å². The van der Waals surface area contributed by atoms with E-state index in [-0.39, 0.29) is 6.54 Å². The number of hydrogen-bond acceptors (Lipinski definition) is 5. The monoisotopic (exact) mass is 457 g/mol. The Balaban J connectivity index is 1.40. The maximum Gasteiger partial charge on any atom is 0.410 e. The van der Waals surface area contributed by atoms with Crippen LogP contribution in [0.2, 0.25) is 0 Å². The van der Waals surface area contributed by atoms with Crippen LogP contribution in [0.3, 0.4) is 0 Å². The number of rotatable bonds is 4. The van der Waals surface area contributed by atoms with Crippen LogP contribution in [0.15, 0.2) is 53.7 Å². The first kappa shape index (κ1) is 22.5. The first-order chi connectivity index (χ1) is 15.2. The molecule has 8 heteroatoms. The number of carbonyl (C=O) groups excluding carboxylic acids is 1. The second-order valence-corrected chi connectivity index (χ2v) is 9.73. The van der Waals surface area contributed by atoms with Gasteiger partial charge in [0.15, 0.2) is 6.17 Å². The highest BCUT2D eigenvalue weighted by atomic mass is 32.2. The zero-order valence-electron chi connectivity index (χ0n) is 18.7. The van der Waals surface area contributed by atoms with Crippen LogP contribution in [0.1, 0.15) is 27.2 Å². The molecule has 6 nitrogen and oxygen atoms in total. The van der Waals surface area contributed by atoms with Gasteiger partial charge in [-0.2, -0.15) is 0 Å². The van der Waals surface area contributed by atoms with Crippen LogP contribution < -0.4 is 4.74 Å². The van der Waals surface area contributed by atoms with Crippen LogP contribution in [-0.4, -0.2) is 57.8 Å². The highest BCUT2D eigenvalue weighted by Gasteiger charge is 2.35. The Labute approximate surface area is 191 Å². The summed E-state index contributed by atoms with van der Waals surface area (Å²) in [5, 5.41) is 1.15. The molecule has 3 heterocycles. The number of alkyl halides is 1. The molecule has 0 aliphatic carbocycles. The van der Waals surface area contributed by atoms with Crippen molar-refractivity contribution in [3.05, 3.63) is 48.8 Å². The first-order valence-corrected chi connectivity index (χ1v) is 11.9. The zero-order valence-corrected chi connectivity index (χ0v) is 19.6. The Morgan fingerprint density at radius 3 is 2.69 bits per heavy atom. The highest BCUT2D eigenvalue weighted by molar-refractivity contribution is 7.98. The molecule has 1 aromatic carbocycles. The molecule has 1 amide bonds. The van der Waals surface area contributed by atoms with Crippen molar-refractivity contribution in [2.75, 3.05) is 19.3 Å². The Hall–Kier alpha value is -2.74. The molecule has 0 N–H and O–H groups in total. The number of aromatic nitrogens is 2. The molecule has 0 spiro atoms. The molecular weight excluding hydrogens is 429 g/mol. The lowest BCUT2D eigenvalue weighted by molar-refractivity contribution is -0.0106. The summed E-state index contributed by atoms with van der Waals surface area (Å²) >= 11 is 1.71. The summed E-state index contributed by atoms with van der Waals surface area (Å²) < 4.78 is 27.9. The molecule has 170 valence electrons. The minimum Gasteiger partial charge on any atom is -0.486 e. The lowest BCUT2D eigenvalue weighted by atomic mass is 10.1. The number of benzene rings is 1. The highest BCUT2D eigenvalue weighted by Crippen LogP contribution is 2.26. The van der Waals surface area contributed by atoms with E-state index in [1.807, 2.05) is 16.8 Å². The van der Waals surface area contributed by atoms with E-state index in [0.29, 0.717) is 18.7 Å². The third kappa shape index (κ3) is 5.01. The van der Waals surface area contributed by atoms with Gasteiger partial charge >= 0.3 is 6.09 Å². The second-order valence-electron chi connectivity index (χ2n) is 8.85. The van der Waals surface area contributed by atoms with Crippen molar-refractivity contribution in [2.24, 2.45) is 0 Å². The standard InChI is InChI=1S/C24H28FN3O3S/c1-24(2,3)31-23(29)27-11-10-21(19(25)15-27)30-17-5-8-22(26-14-17)28-12-9-16-13-18(32-4)6-7-20(16)28/h5-9,12-14,19,21H,10-11,15H2,1-4H3. The maximum absolute atomic E-state index is 14.7. The predicted molar refractivity (Wildman–Crippen MR) is 125 cm³/mol. The number of ether oxygens (including phenoxy) is 2. The number of hydrogen-bond donors (Lipinski definition) is 0. The van der Waals surface area contributed by atoms with E-state index >= 15 is 0 Å². The number of carbonyl (C=O) groups is 1. The van der Waals surface area contributed by atoms with Crippen LogP contribution in [-0.2, 0) is 4.74 Å². The van der Waals surface area contributed by atoms with Gasteiger partial charge in [-0.1, -0.05) is 0 Å². The number of halogens is 1. The lowest BCUT2D eigenvalue weighted by Gasteiger charge is -2.35. The van der Waals surface area contributed by atoms with Gasteiger partial charge < -0.3 is 18.9 Å². The quantitative estimate of drug-likeness (QED) is 0.486. The molecule has 1 aliphatic heterocycles. The molecule has 2 atom stereocenters. The van der Waals surface area contributed by atoms with Gasteiger partial charge in [-0.25, -0.2) is 14.2 Å². The Kier molecular flexibility index (Phi) is 6.33. The minimum absolute atomic E-state index is 0.0432. The largest absolute Gasteiger partial charge is 0.486 e. The van der Waals surface area contributed by atoms with E-state index in [0.717, 1.165) is 16.7 Å². The summed E-state index contributed by atoms with van der Waals surface area (Å²) in [4.78, 5) is 19.3. The molecule has 1 fully saturated rings. The number of fused-ring (bicyclic) bond motifs is 1. The fraction of sp³-hybridized carbons (Fsp3) is 0.417. The SMILES string of the molecule is CSc1ccc2c(ccn2-c2ccc(OC3CCN(C(=O)OC(C)(C)C)CC3F)cn2)c1. The molecule has 1 aliphatic rings.